The molecular weight excluding hydrogens is 386 g/mol. The van der Waals surface area contributed by atoms with Crippen LogP contribution in [0.1, 0.15) is 24.2 Å². The van der Waals surface area contributed by atoms with Crippen LogP contribution in [0.25, 0.3) is 11.3 Å². The van der Waals surface area contributed by atoms with Crippen molar-refractivity contribution in [2.45, 2.75) is 20.0 Å². The van der Waals surface area contributed by atoms with E-state index in [1.54, 1.807) is 24.3 Å². The Kier molecular flexibility index (Phi) is 5.14. The molecule has 0 bridgehead atoms. The standard InChI is InChI=1S/C18H16BrN3O3/c1-11(2)24-15-9-5-13(6-10-15)18(23)20-17-16(21-25-22-17)12-3-7-14(19)8-4-12/h3-11H,1-2H3,(H,20,22,23). The van der Waals surface area contributed by atoms with Crippen LogP contribution in [0.2, 0.25) is 0 Å². The highest BCUT2D eigenvalue weighted by atomic mass is 79.9. The average molecular weight is 402 g/mol. The molecule has 0 aliphatic heterocycles. The van der Waals surface area contributed by atoms with Gasteiger partial charge in [0.15, 0.2) is 5.69 Å². The topological polar surface area (TPSA) is 77.2 Å². The molecule has 0 aliphatic rings. The number of amides is 1. The van der Waals surface area contributed by atoms with Gasteiger partial charge >= 0.3 is 0 Å². The zero-order valence-electron chi connectivity index (χ0n) is 13.7. The van der Waals surface area contributed by atoms with E-state index in [4.69, 9.17) is 9.37 Å². The Morgan fingerprint density at radius 3 is 2.40 bits per heavy atom. The van der Waals surface area contributed by atoms with Gasteiger partial charge in [-0.3, -0.25) is 4.79 Å². The molecule has 0 radical (unpaired) electrons. The third kappa shape index (κ3) is 4.24. The molecule has 7 heteroatoms. The van der Waals surface area contributed by atoms with Crippen molar-refractivity contribution < 1.29 is 14.2 Å². The molecule has 3 rings (SSSR count). The van der Waals surface area contributed by atoms with Crippen molar-refractivity contribution in [2.24, 2.45) is 0 Å². The molecule has 0 aliphatic carbocycles. The van der Waals surface area contributed by atoms with Gasteiger partial charge in [0, 0.05) is 15.6 Å². The van der Waals surface area contributed by atoms with Crippen molar-refractivity contribution >= 4 is 27.7 Å². The number of carbonyl (C=O) groups is 1. The molecule has 1 amide bonds. The quantitative estimate of drug-likeness (QED) is 0.678. The molecule has 1 heterocycles. The number of benzene rings is 2. The predicted molar refractivity (Wildman–Crippen MR) is 97.6 cm³/mol. The first-order chi connectivity index (χ1) is 12.0. The van der Waals surface area contributed by atoms with E-state index in [-0.39, 0.29) is 17.8 Å². The molecule has 0 atom stereocenters. The number of nitrogens with one attached hydrogen (secondary N) is 1. The number of aromatic nitrogens is 2. The van der Waals surface area contributed by atoms with Gasteiger partial charge in [-0.15, -0.1) is 0 Å². The van der Waals surface area contributed by atoms with Crippen LogP contribution in [0.3, 0.4) is 0 Å². The molecule has 0 unspecified atom stereocenters. The molecule has 0 spiro atoms. The summed E-state index contributed by atoms with van der Waals surface area (Å²) in [6, 6.07) is 14.4. The van der Waals surface area contributed by atoms with Crippen molar-refractivity contribution in [1.29, 1.82) is 0 Å². The third-order valence-corrected chi connectivity index (χ3v) is 3.86. The Labute approximate surface area is 153 Å². The SMILES string of the molecule is CC(C)Oc1ccc(C(=O)Nc2nonc2-c2ccc(Br)cc2)cc1. The normalized spacial score (nSPS) is 10.7. The molecule has 6 nitrogen and oxygen atoms in total. The lowest BCUT2D eigenvalue weighted by Gasteiger charge is -2.10. The minimum atomic E-state index is -0.301. The maximum atomic E-state index is 12.4. The maximum Gasteiger partial charge on any atom is 0.256 e. The molecule has 25 heavy (non-hydrogen) atoms. The summed E-state index contributed by atoms with van der Waals surface area (Å²) < 4.78 is 11.3. The van der Waals surface area contributed by atoms with Gasteiger partial charge in [0.25, 0.3) is 5.91 Å². The number of anilines is 1. The van der Waals surface area contributed by atoms with Gasteiger partial charge in [-0.25, -0.2) is 4.63 Å². The summed E-state index contributed by atoms with van der Waals surface area (Å²) in [6.07, 6.45) is 0.0781. The van der Waals surface area contributed by atoms with Crippen LogP contribution >= 0.6 is 15.9 Å². The number of halogens is 1. The van der Waals surface area contributed by atoms with Crippen molar-refractivity contribution in [2.75, 3.05) is 5.32 Å². The molecule has 2 aromatic carbocycles. The van der Waals surface area contributed by atoms with Crippen LogP contribution < -0.4 is 10.1 Å². The Balaban J connectivity index is 1.75. The van der Waals surface area contributed by atoms with Crippen molar-refractivity contribution in [3.05, 3.63) is 58.6 Å². The monoisotopic (exact) mass is 401 g/mol. The summed E-state index contributed by atoms with van der Waals surface area (Å²) >= 11 is 3.38. The van der Waals surface area contributed by atoms with Gasteiger partial charge < -0.3 is 10.1 Å². The second kappa shape index (κ2) is 7.48. The lowest BCUT2D eigenvalue weighted by molar-refractivity contribution is 0.102. The van der Waals surface area contributed by atoms with Gasteiger partial charge in [-0.1, -0.05) is 28.1 Å². The first-order valence-corrected chi connectivity index (χ1v) is 8.49. The van der Waals surface area contributed by atoms with Crippen molar-refractivity contribution in [3.8, 4) is 17.0 Å². The molecule has 3 aromatic rings. The van der Waals surface area contributed by atoms with Gasteiger partial charge in [-0.2, -0.15) is 0 Å². The highest BCUT2D eigenvalue weighted by Crippen LogP contribution is 2.26. The Hall–Kier alpha value is -2.67. The highest BCUT2D eigenvalue weighted by molar-refractivity contribution is 9.10. The predicted octanol–water partition coefficient (Wildman–Crippen LogP) is 4.54. The highest BCUT2D eigenvalue weighted by Gasteiger charge is 2.16. The molecule has 128 valence electrons. The smallest absolute Gasteiger partial charge is 0.256 e. The minimum absolute atomic E-state index is 0.0781. The fraction of sp³-hybridized carbons (Fsp3) is 0.167. The van der Waals surface area contributed by atoms with Gasteiger partial charge in [0.2, 0.25) is 5.82 Å². The summed E-state index contributed by atoms with van der Waals surface area (Å²) in [4.78, 5) is 12.4. The molecule has 1 aromatic heterocycles. The van der Waals surface area contributed by atoms with Crippen molar-refractivity contribution in [1.82, 2.24) is 10.3 Å². The lowest BCUT2D eigenvalue weighted by atomic mass is 10.1. The van der Waals surface area contributed by atoms with Gasteiger partial charge in [0.1, 0.15) is 5.75 Å². The van der Waals surface area contributed by atoms with Crippen LogP contribution in [0.4, 0.5) is 5.82 Å². The number of rotatable bonds is 5. The first kappa shape index (κ1) is 17.2. The number of nitrogens with zero attached hydrogens (tertiary/aromatic N) is 2. The Morgan fingerprint density at radius 2 is 1.76 bits per heavy atom. The fourth-order valence-electron chi connectivity index (χ4n) is 2.20. The van der Waals surface area contributed by atoms with E-state index >= 15 is 0 Å². The van der Waals surface area contributed by atoms with E-state index in [9.17, 15) is 4.79 Å². The van der Waals surface area contributed by atoms with Crippen LogP contribution in [0.5, 0.6) is 5.75 Å². The molecule has 0 saturated heterocycles. The number of ether oxygens (including phenoxy) is 1. The summed E-state index contributed by atoms with van der Waals surface area (Å²) in [6.45, 7) is 3.89. The van der Waals surface area contributed by atoms with Crippen molar-refractivity contribution in [3.63, 3.8) is 0 Å². The van der Waals surface area contributed by atoms with Crippen LogP contribution in [0.15, 0.2) is 57.6 Å². The zero-order valence-corrected chi connectivity index (χ0v) is 15.3. The van der Waals surface area contributed by atoms with E-state index in [2.05, 4.69) is 31.6 Å². The van der Waals surface area contributed by atoms with E-state index in [0.717, 1.165) is 10.0 Å². The molecule has 1 N–H and O–H groups in total. The second-order valence-corrected chi connectivity index (χ2v) is 6.53. The maximum absolute atomic E-state index is 12.4. The molecular formula is C18H16BrN3O3. The lowest BCUT2D eigenvalue weighted by Crippen LogP contribution is -2.13. The molecule has 0 saturated carbocycles. The van der Waals surface area contributed by atoms with Crippen LogP contribution in [0, 0.1) is 0 Å². The van der Waals surface area contributed by atoms with E-state index in [1.165, 1.54) is 0 Å². The van der Waals surface area contributed by atoms with Gasteiger partial charge in [-0.05, 0) is 60.6 Å². The molecule has 0 fully saturated rings. The van der Waals surface area contributed by atoms with Gasteiger partial charge in [0.05, 0.1) is 6.10 Å². The third-order valence-electron chi connectivity index (χ3n) is 3.33. The minimum Gasteiger partial charge on any atom is -0.491 e. The number of carbonyl (C=O) groups excluding carboxylic acids is 1. The van der Waals surface area contributed by atoms with Crippen LogP contribution in [-0.4, -0.2) is 22.3 Å². The van der Waals surface area contributed by atoms with E-state index < -0.39 is 0 Å². The average Bonchev–Trinajstić information content (AvgIpc) is 3.03. The fourth-order valence-corrected chi connectivity index (χ4v) is 2.47. The summed E-state index contributed by atoms with van der Waals surface area (Å²) in [7, 11) is 0. The Morgan fingerprint density at radius 1 is 1.08 bits per heavy atom. The number of hydrogen-bond donors (Lipinski definition) is 1. The number of hydrogen-bond acceptors (Lipinski definition) is 5. The largest absolute Gasteiger partial charge is 0.491 e. The Bertz CT molecular complexity index is 858. The zero-order chi connectivity index (χ0) is 17.8. The van der Waals surface area contributed by atoms with E-state index in [1.807, 2.05) is 38.1 Å². The second-order valence-electron chi connectivity index (χ2n) is 5.61. The first-order valence-electron chi connectivity index (χ1n) is 7.69. The van der Waals surface area contributed by atoms with E-state index in [0.29, 0.717) is 17.0 Å². The summed E-state index contributed by atoms with van der Waals surface area (Å²) in [5.41, 5.74) is 1.75. The summed E-state index contributed by atoms with van der Waals surface area (Å²) in [5, 5.41) is 10.4. The summed E-state index contributed by atoms with van der Waals surface area (Å²) in [5.74, 6) is 0.685. The van der Waals surface area contributed by atoms with Crippen LogP contribution in [-0.2, 0) is 0 Å².